The second-order valence-electron chi connectivity index (χ2n) is 11.9. The highest BCUT2D eigenvalue weighted by Gasteiger charge is 2.57. The summed E-state index contributed by atoms with van der Waals surface area (Å²) >= 11 is 0. The molecule has 2 nitrogen and oxygen atoms in total. The summed E-state index contributed by atoms with van der Waals surface area (Å²) in [6.45, 7) is 13.6. The molecule has 172 valence electrons. The summed E-state index contributed by atoms with van der Waals surface area (Å²) in [6, 6.07) is 0. The first-order chi connectivity index (χ1) is 14.6. The summed E-state index contributed by atoms with van der Waals surface area (Å²) in [7, 11) is 0. The van der Waals surface area contributed by atoms with E-state index in [9.17, 15) is 4.79 Å². The van der Waals surface area contributed by atoms with Crippen molar-refractivity contribution in [3.05, 3.63) is 34.9 Å². The van der Waals surface area contributed by atoms with Gasteiger partial charge in [-0.2, -0.15) is 0 Å². The fraction of sp³-hybridized carbons (Fsp3) is 0.759. The van der Waals surface area contributed by atoms with Crippen molar-refractivity contribution in [2.45, 2.75) is 105 Å². The standard InChI is InChI=1S/C29H44O2/c1-19(2)8-7-9-20(3)25-12-13-26-24-11-10-22-18-23(31-21(4)30)14-16-28(22,5)27(24)15-17-29(25,26)6/h8,10-11,20,23,25-27H,7,9,12-18H2,1-6H3. The van der Waals surface area contributed by atoms with E-state index < -0.39 is 0 Å². The van der Waals surface area contributed by atoms with Crippen molar-refractivity contribution >= 4 is 5.97 Å². The molecule has 0 radical (unpaired) electrons. The predicted octanol–water partition coefficient (Wildman–Crippen LogP) is 7.80. The average molecular weight is 425 g/mol. The zero-order valence-corrected chi connectivity index (χ0v) is 20.8. The number of fused-ring (bicyclic) bond motifs is 5. The Morgan fingerprint density at radius 1 is 1.10 bits per heavy atom. The van der Waals surface area contributed by atoms with Crippen molar-refractivity contribution in [3.63, 3.8) is 0 Å². The van der Waals surface area contributed by atoms with E-state index in [1.807, 2.05) is 0 Å². The van der Waals surface area contributed by atoms with Gasteiger partial charge in [-0.3, -0.25) is 4.79 Å². The van der Waals surface area contributed by atoms with Crippen LogP contribution in [-0.2, 0) is 9.53 Å². The number of esters is 1. The van der Waals surface area contributed by atoms with E-state index in [2.05, 4.69) is 52.8 Å². The molecule has 0 aromatic rings. The average Bonchev–Trinajstić information content (AvgIpc) is 3.05. The number of carbonyl (C=O) groups excluding carboxylic acids is 1. The van der Waals surface area contributed by atoms with Crippen LogP contribution in [0.5, 0.6) is 0 Å². The van der Waals surface area contributed by atoms with Crippen LogP contribution in [0.25, 0.3) is 0 Å². The third-order valence-electron chi connectivity index (χ3n) is 9.79. The van der Waals surface area contributed by atoms with Crippen LogP contribution in [-0.4, -0.2) is 12.1 Å². The minimum atomic E-state index is -0.134. The van der Waals surface area contributed by atoms with Gasteiger partial charge in [0.15, 0.2) is 0 Å². The Bertz CT molecular complexity index is 798. The number of hydrogen-bond acceptors (Lipinski definition) is 2. The normalized spacial score (nSPS) is 39.9. The molecule has 4 aliphatic carbocycles. The monoisotopic (exact) mass is 424 g/mol. The number of ether oxygens (including phenoxy) is 1. The second-order valence-corrected chi connectivity index (χ2v) is 11.9. The second kappa shape index (κ2) is 8.56. The SMILES string of the molecule is CC(=O)OC1CCC2(C)C(=CC=C3C2CCC2(C)C3CCC2C(C)CCC=C(C)C)C1. The number of rotatable bonds is 5. The molecule has 3 saturated carbocycles. The van der Waals surface area contributed by atoms with Gasteiger partial charge in [-0.25, -0.2) is 0 Å². The molecule has 0 amide bonds. The minimum Gasteiger partial charge on any atom is -0.462 e. The lowest BCUT2D eigenvalue weighted by Crippen LogP contribution is -2.46. The highest BCUT2D eigenvalue weighted by Crippen LogP contribution is 2.66. The molecule has 4 rings (SSSR count). The van der Waals surface area contributed by atoms with Gasteiger partial charge in [-0.15, -0.1) is 0 Å². The van der Waals surface area contributed by atoms with E-state index in [1.165, 1.54) is 49.7 Å². The lowest BCUT2D eigenvalue weighted by atomic mass is 9.50. The number of carbonyl (C=O) groups is 1. The predicted molar refractivity (Wildman–Crippen MR) is 129 cm³/mol. The Balaban J connectivity index is 1.53. The molecule has 0 bridgehead atoms. The van der Waals surface area contributed by atoms with E-state index >= 15 is 0 Å². The Hall–Kier alpha value is -1.31. The largest absolute Gasteiger partial charge is 0.462 e. The molecule has 7 unspecified atom stereocenters. The molecular formula is C29H44O2. The van der Waals surface area contributed by atoms with Gasteiger partial charge in [0, 0.05) is 13.3 Å². The Kier molecular flexibility index (Phi) is 6.32. The zero-order valence-electron chi connectivity index (χ0n) is 20.8. The minimum absolute atomic E-state index is 0.0816. The molecule has 0 heterocycles. The van der Waals surface area contributed by atoms with E-state index in [4.69, 9.17) is 4.74 Å². The maximum Gasteiger partial charge on any atom is 0.302 e. The fourth-order valence-corrected chi connectivity index (χ4v) is 8.12. The third-order valence-corrected chi connectivity index (χ3v) is 9.79. The van der Waals surface area contributed by atoms with Gasteiger partial charge in [0.05, 0.1) is 0 Å². The molecule has 0 aromatic heterocycles. The molecule has 3 fully saturated rings. The van der Waals surface area contributed by atoms with Gasteiger partial charge in [0.1, 0.15) is 6.10 Å². The van der Waals surface area contributed by atoms with Crippen molar-refractivity contribution in [1.82, 2.24) is 0 Å². The smallest absolute Gasteiger partial charge is 0.302 e. The lowest BCUT2D eigenvalue weighted by Gasteiger charge is -2.55. The van der Waals surface area contributed by atoms with Gasteiger partial charge in [0.25, 0.3) is 0 Å². The first-order valence-electron chi connectivity index (χ1n) is 12.9. The Morgan fingerprint density at radius 2 is 1.87 bits per heavy atom. The summed E-state index contributed by atoms with van der Waals surface area (Å²) in [4.78, 5) is 11.5. The summed E-state index contributed by atoms with van der Waals surface area (Å²) in [5, 5.41) is 0. The summed E-state index contributed by atoms with van der Waals surface area (Å²) in [5.41, 5.74) is 5.50. The van der Waals surface area contributed by atoms with Crippen LogP contribution in [0.1, 0.15) is 99.3 Å². The number of allylic oxidation sites excluding steroid dienone is 5. The van der Waals surface area contributed by atoms with Gasteiger partial charge in [-0.1, -0.05) is 55.7 Å². The molecule has 0 aliphatic heterocycles. The lowest BCUT2D eigenvalue weighted by molar-refractivity contribution is -0.148. The van der Waals surface area contributed by atoms with Crippen LogP contribution in [0.3, 0.4) is 0 Å². The van der Waals surface area contributed by atoms with E-state index in [-0.39, 0.29) is 17.5 Å². The molecule has 0 spiro atoms. The quantitative estimate of drug-likeness (QED) is 0.332. The molecule has 0 saturated heterocycles. The van der Waals surface area contributed by atoms with Crippen LogP contribution in [0.15, 0.2) is 34.9 Å². The van der Waals surface area contributed by atoms with Gasteiger partial charge < -0.3 is 4.74 Å². The Morgan fingerprint density at radius 3 is 2.58 bits per heavy atom. The first-order valence-corrected chi connectivity index (χ1v) is 12.9. The highest BCUT2D eigenvalue weighted by molar-refractivity contribution is 5.66. The highest BCUT2D eigenvalue weighted by atomic mass is 16.5. The van der Waals surface area contributed by atoms with E-state index in [1.54, 1.807) is 12.5 Å². The van der Waals surface area contributed by atoms with Crippen molar-refractivity contribution in [2.24, 2.45) is 34.5 Å². The van der Waals surface area contributed by atoms with Crippen LogP contribution >= 0.6 is 0 Å². The molecular weight excluding hydrogens is 380 g/mol. The van der Waals surface area contributed by atoms with Crippen LogP contribution in [0, 0.1) is 34.5 Å². The molecule has 31 heavy (non-hydrogen) atoms. The molecule has 0 aromatic carbocycles. The van der Waals surface area contributed by atoms with Crippen molar-refractivity contribution in [1.29, 1.82) is 0 Å². The molecule has 4 aliphatic rings. The third kappa shape index (κ3) is 4.09. The van der Waals surface area contributed by atoms with Gasteiger partial charge >= 0.3 is 5.97 Å². The summed E-state index contributed by atoms with van der Waals surface area (Å²) < 4.78 is 5.59. The topological polar surface area (TPSA) is 26.3 Å². The molecule has 0 N–H and O–H groups in total. The van der Waals surface area contributed by atoms with E-state index in [0.717, 1.165) is 37.0 Å². The maximum absolute atomic E-state index is 11.5. The van der Waals surface area contributed by atoms with Crippen LogP contribution in [0.2, 0.25) is 0 Å². The van der Waals surface area contributed by atoms with Crippen molar-refractivity contribution in [3.8, 4) is 0 Å². The molecule has 2 heteroatoms. The summed E-state index contributed by atoms with van der Waals surface area (Å²) in [5.74, 6) is 3.01. The zero-order chi connectivity index (χ0) is 22.4. The van der Waals surface area contributed by atoms with Gasteiger partial charge in [0.2, 0.25) is 0 Å². The van der Waals surface area contributed by atoms with E-state index in [0.29, 0.717) is 11.3 Å². The van der Waals surface area contributed by atoms with Crippen molar-refractivity contribution in [2.75, 3.05) is 0 Å². The fourth-order valence-electron chi connectivity index (χ4n) is 8.12. The van der Waals surface area contributed by atoms with Gasteiger partial charge in [-0.05, 0) is 99.7 Å². The number of hydrogen-bond donors (Lipinski definition) is 0. The van der Waals surface area contributed by atoms with Crippen LogP contribution in [0.4, 0.5) is 0 Å². The van der Waals surface area contributed by atoms with Crippen LogP contribution < -0.4 is 0 Å². The Labute approximate surface area is 190 Å². The van der Waals surface area contributed by atoms with Crippen molar-refractivity contribution < 1.29 is 9.53 Å². The summed E-state index contributed by atoms with van der Waals surface area (Å²) in [6.07, 6.45) is 18.6. The first kappa shape index (κ1) is 22.9. The molecule has 7 atom stereocenters. The maximum atomic E-state index is 11.5.